The van der Waals surface area contributed by atoms with Crippen LogP contribution in [0.3, 0.4) is 0 Å². The van der Waals surface area contributed by atoms with Gasteiger partial charge in [-0.25, -0.2) is 18.7 Å². The Morgan fingerprint density at radius 2 is 1.84 bits per heavy atom. The maximum Gasteiger partial charge on any atom is 0.294 e. The number of benzene rings is 1. The molecule has 0 bridgehead atoms. The maximum atomic E-state index is 16.2. The molecular formula is C43H51F2N11O5. The molecule has 3 saturated heterocycles. The minimum atomic E-state index is -1.10. The lowest BCUT2D eigenvalue weighted by atomic mass is 9.86. The molecule has 18 heteroatoms. The molecule has 61 heavy (non-hydrogen) atoms. The second kappa shape index (κ2) is 17.1. The lowest BCUT2D eigenvalue weighted by molar-refractivity contribution is -0.134. The summed E-state index contributed by atoms with van der Waals surface area (Å²) in [5, 5.41) is 13.9. The van der Waals surface area contributed by atoms with Crippen LogP contribution in [0.25, 0.3) is 21.9 Å². The summed E-state index contributed by atoms with van der Waals surface area (Å²) in [6.07, 6.45) is 4.88. The van der Waals surface area contributed by atoms with Crippen LogP contribution in [0.4, 0.5) is 26.2 Å². The second-order valence-corrected chi connectivity index (χ2v) is 16.7. The van der Waals surface area contributed by atoms with Gasteiger partial charge in [-0.05, 0) is 83.2 Å². The van der Waals surface area contributed by atoms with Crippen LogP contribution in [0.5, 0.6) is 5.75 Å². The summed E-state index contributed by atoms with van der Waals surface area (Å²) in [6.45, 7) is 8.12. The van der Waals surface area contributed by atoms with Crippen molar-refractivity contribution in [1.82, 2.24) is 44.8 Å². The molecule has 8 rings (SSSR count). The molecule has 3 unspecified atom stereocenters. The summed E-state index contributed by atoms with van der Waals surface area (Å²) in [4.78, 5) is 67.4. The summed E-state index contributed by atoms with van der Waals surface area (Å²) in [5.74, 6) is -1.18. The minimum absolute atomic E-state index is 0.00153. The molecule has 3 amide bonds. The van der Waals surface area contributed by atoms with E-state index in [1.165, 1.54) is 16.3 Å². The Hall–Kier alpha value is -6.04. The van der Waals surface area contributed by atoms with Crippen LogP contribution in [-0.4, -0.2) is 104 Å². The average Bonchev–Trinajstić information content (AvgIpc) is 3.58. The Kier molecular flexibility index (Phi) is 11.7. The molecule has 5 aromatic rings. The van der Waals surface area contributed by atoms with E-state index in [9.17, 15) is 19.2 Å². The molecule has 7 heterocycles. The molecule has 4 aromatic heterocycles. The van der Waals surface area contributed by atoms with Crippen LogP contribution >= 0.6 is 0 Å². The fourth-order valence-electron chi connectivity index (χ4n) is 8.91. The van der Waals surface area contributed by atoms with Crippen LogP contribution in [0.1, 0.15) is 80.7 Å². The monoisotopic (exact) mass is 839 g/mol. The molecule has 1 aromatic carbocycles. The van der Waals surface area contributed by atoms with Gasteiger partial charge in [0.25, 0.3) is 11.5 Å². The van der Waals surface area contributed by atoms with Crippen molar-refractivity contribution in [2.75, 3.05) is 56.6 Å². The lowest BCUT2D eigenvalue weighted by Gasteiger charge is -2.39. The standard InChI is InChI=1S/C43H51F2N11O5/c1-23(2)56-40-27(17-33(42(56)60)61-22-35(58)46-4)16-28(19-47-40)49-39-24(3)18-48-43(51-39)55-15-12-26(32(44)21-55)20-54-13-10-25(11-14-54)29-6-7-30-37(52-53(5)38(30)36(29)45)31-8-9-34(57)50-41(31)59/h6-7,16-19,23,25-26,31-32H,8-15,20-22H2,1-5H3,(H,46,58)(H,48,49,51)(H,50,57,59). The van der Waals surface area contributed by atoms with Crippen LogP contribution in [-0.2, 0) is 21.4 Å². The molecule has 3 atom stereocenters. The number of imide groups is 1. The first-order chi connectivity index (χ1) is 29.3. The summed E-state index contributed by atoms with van der Waals surface area (Å²) in [6, 6.07) is 6.85. The zero-order chi connectivity index (χ0) is 43.1. The van der Waals surface area contributed by atoms with Gasteiger partial charge in [0.05, 0.1) is 30.0 Å². The molecule has 0 spiro atoms. The van der Waals surface area contributed by atoms with Crippen molar-refractivity contribution in [3.8, 4) is 5.75 Å². The Bertz CT molecular complexity index is 2570. The third-order valence-electron chi connectivity index (χ3n) is 12.3. The van der Waals surface area contributed by atoms with E-state index in [1.54, 1.807) is 25.5 Å². The highest BCUT2D eigenvalue weighted by molar-refractivity contribution is 6.02. The van der Waals surface area contributed by atoms with Crippen molar-refractivity contribution in [2.45, 2.75) is 76.9 Å². The Morgan fingerprint density at radius 1 is 1.05 bits per heavy atom. The number of halogens is 2. The average molecular weight is 840 g/mol. The van der Waals surface area contributed by atoms with E-state index in [-0.39, 0.29) is 66.4 Å². The SMILES string of the molecule is CNC(=O)COc1cc2cc(Nc3nc(N4CCC(CN5CCC(c6ccc7c(C8CCC(=O)NC8=O)nn(C)c7c6F)CC5)C(F)C4)ncc3C)cnc2n(C(C)C)c1=O. The van der Waals surface area contributed by atoms with E-state index in [0.29, 0.717) is 76.6 Å². The first-order valence-electron chi connectivity index (χ1n) is 20.9. The largest absolute Gasteiger partial charge is 0.478 e. The third kappa shape index (κ3) is 8.37. The number of hydrogen-bond donors (Lipinski definition) is 3. The zero-order valence-corrected chi connectivity index (χ0v) is 35.0. The predicted molar refractivity (Wildman–Crippen MR) is 225 cm³/mol. The van der Waals surface area contributed by atoms with Gasteiger partial charge >= 0.3 is 0 Å². The van der Waals surface area contributed by atoms with Gasteiger partial charge in [-0.2, -0.15) is 10.1 Å². The smallest absolute Gasteiger partial charge is 0.294 e. The van der Waals surface area contributed by atoms with Crippen LogP contribution in [0.15, 0.2) is 41.5 Å². The fourth-order valence-corrected chi connectivity index (χ4v) is 8.91. The van der Waals surface area contributed by atoms with Gasteiger partial charge in [-0.3, -0.25) is 33.7 Å². The molecular weight excluding hydrogens is 789 g/mol. The number of likely N-dealkylation sites (tertiary alicyclic amines) is 1. The van der Waals surface area contributed by atoms with Crippen molar-refractivity contribution >= 4 is 57.1 Å². The number of likely N-dealkylation sites (N-methyl/N-ethyl adjacent to an activating group) is 1. The van der Waals surface area contributed by atoms with E-state index in [4.69, 9.17) is 9.72 Å². The number of piperidine rings is 3. The van der Waals surface area contributed by atoms with Crippen molar-refractivity contribution in [3.63, 3.8) is 0 Å². The number of anilines is 3. The quantitative estimate of drug-likeness (QED) is 0.158. The van der Waals surface area contributed by atoms with Crippen LogP contribution < -0.4 is 31.1 Å². The number of amides is 3. The molecule has 3 N–H and O–H groups in total. The number of nitrogens with one attached hydrogen (secondary N) is 3. The first kappa shape index (κ1) is 41.7. The molecule has 0 saturated carbocycles. The molecule has 0 radical (unpaired) electrons. The Labute approximate surface area is 351 Å². The molecule has 0 aliphatic carbocycles. The molecule has 3 fully saturated rings. The summed E-state index contributed by atoms with van der Waals surface area (Å²) in [7, 11) is 3.17. The first-order valence-corrected chi connectivity index (χ1v) is 20.9. The highest BCUT2D eigenvalue weighted by Crippen LogP contribution is 2.37. The number of alkyl halides is 1. The highest BCUT2D eigenvalue weighted by Gasteiger charge is 2.35. The minimum Gasteiger partial charge on any atom is -0.478 e. The van der Waals surface area contributed by atoms with Gasteiger partial charge in [-0.1, -0.05) is 12.1 Å². The van der Waals surface area contributed by atoms with Crippen LogP contribution in [0.2, 0.25) is 0 Å². The van der Waals surface area contributed by atoms with E-state index in [2.05, 4.69) is 35.9 Å². The van der Waals surface area contributed by atoms with E-state index in [0.717, 1.165) is 31.5 Å². The lowest BCUT2D eigenvalue weighted by Crippen LogP contribution is -2.47. The number of fused-ring (bicyclic) bond motifs is 2. The molecule has 3 aliphatic heterocycles. The van der Waals surface area contributed by atoms with Gasteiger partial charge < -0.3 is 25.2 Å². The predicted octanol–water partition coefficient (Wildman–Crippen LogP) is 4.53. The van der Waals surface area contributed by atoms with Gasteiger partial charge in [0.15, 0.2) is 18.2 Å². The van der Waals surface area contributed by atoms with Gasteiger partial charge in [0, 0.05) is 68.1 Å². The number of aryl methyl sites for hydroxylation is 2. The van der Waals surface area contributed by atoms with Crippen molar-refractivity contribution in [3.05, 3.63) is 69.7 Å². The molecule has 16 nitrogen and oxygen atoms in total. The zero-order valence-electron chi connectivity index (χ0n) is 35.0. The number of ether oxygens (including phenoxy) is 1. The van der Waals surface area contributed by atoms with E-state index in [1.807, 2.05) is 43.9 Å². The summed E-state index contributed by atoms with van der Waals surface area (Å²) >= 11 is 0. The number of nitrogens with zero attached hydrogens (tertiary/aromatic N) is 8. The number of aromatic nitrogens is 6. The normalized spacial score (nSPS) is 20.4. The van der Waals surface area contributed by atoms with E-state index >= 15 is 8.78 Å². The number of carbonyl (C=O) groups excluding carboxylic acids is 3. The van der Waals surface area contributed by atoms with Gasteiger partial charge in [-0.15, -0.1) is 0 Å². The summed E-state index contributed by atoms with van der Waals surface area (Å²) in [5.41, 5.74) is 2.95. The van der Waals surface area contributed by atoms with Crippen molar-refractivity contribution < 1.29 is 27.9 Å². The molecule has 3 aliphatic rings. The Morgan fingerprint density at radius 3 is 2.56 bits per heavy atom. The Balaban J connectivity index is 0.888. The summed E-state index contributed by atoms with van der Waals surface area (Å²) < 4.78 is 40.7. The number of rotatable bonds is 11. The highest BCUT2D eigenvalue weighted by atomic mass is 19.1. The van der Waals surface area contributed by atoms with E-state index < -0.39 is 18.0 Å². The number of pyridine rings is 2. The third-order valence-corrected chi connectivity index (χ3v) is 12.3. The number of carbonyl (C=O) groups is 3. The fraction of sp³-hybridized carbons (Fsp3) is 0.488. The second-order valence-electron chi connectivity index (χ2n) is 16.7. The van der Waals surface area contributed by atoms with Crippen molar-refractivity contribution in [2.24, 2.45) is 13.0 Å². The molecule has 322 valence electrons. The van der Waals surface area contributed by atoms with Crippen LogP contribution in [0, 0.1) is 18.7 Å². The van der Waals surface area contributed by atoms with Crippen molar-refractivity contribution in [1.29, 1.82) is 0 Å². The topological polar surface area (TPSA) is 181 Å². The van der Waals surface area contributed by atoms with Gasteiger partial charge in [0.2, 0.25) is 17.8 Å². The van der Waals surface area contributed by atoms with Gasteiger partial charge in [0.1, 0.15) is 23.2 Å². The maximum absolute atomic E-state index is 16.2. The number of hydrogen-bond acceptors (Lipinski definition) is 12.